The van der Waals surface area contributed by atoms with Crippen LogP contribution in [0.15, 0.2) is 11.4 Å². The Hall–Kier alpha value is -2.17. The Labute approximate surface area is 125 Å². The smallest absolute Gasteiger partial charge is 0.266 e. The summed E-state index contributed by atoms with van der Waals surface area (Å²) in [5.74, 6) is 3.85. The van der Waals surface area contributed by atoms with Gasteiger partial charge >= 0.3 is 0 Å². The number of nitrogens with zero attached hydrogens (tertiary/aromatic N) is 1. The molecule has 21 heavy (non-hydrogen) atoms. The van der Waals surface area contributed by atoms with Crippen molar-refractivity contribution in [2.24, 2.45) is 0 Å². The van der Waals surface area contributed by atoms with Crippen molar-refractivity contribution in [1.29, 1.82) is 0 Å². The number of amides is 3. The molecule has 3 amide bonds. The second-order valence-corrected chi connectivity index (χ2v) is 5.31. The molecule has 0 saturated carbocycles. The Morgan fingerprint density at radius 1 is 1.57 bits per heavy atom. The zero-order valence-electron chi connectivity index (χ0n) is 11.4. The van der Waals surface area contributed by atoms with Crippen LogP contribution in [0, 0.1) is 11.8 Å². The first-order valence-corrected chi connectivity index (χ1v) is 7.28. The van der Waals surface area contributed by atoms with Gasteiger partial charge in [-0.2, -0.15) is 0 Å². The van der Waals surface area contributed by atoms with Crippen molar-refractivity contribution in [3.8, 4) is 11.8 Å². The fourth-order valence-corrected chi connectivity index (χ4v) is 2.93. The Morgan fingerprint density at radius 2 is 2.33 bits per heavy atom. The van der Waals surface area contributed by atoms with Crippen LogP contribution in [0.1, 0.15) is 28.6 Å². The van der Waals surface area contributed by atoms with Crippen LogP contribution in [0.5, 0.6) is 0 Å². The minimum atomic E-state index is -0.657. The van der Waals surface area contributed by atoms with E-state index in [0.717, 1.165) is 0 Å². The van der Waals surface area contributed by atoms with E-state index in [1.165, 1.54) is 16.2 Å². The summed E-state index contributed by atoms with van der Waals surface area (Å²) in [6.45, 7) is 1.33. The van der Waals surface area contributed by atoms with E-state index in [-0.39, 0.29) is 19.1 Å². The SMILES string of the molecule is CCC1C(=O)NC(=O)CN1C(=O)c1sccc1C#CCO. The zero-order chi connectivity index (χ0) is 15.4. The average Bonchev–Trinajstić information content (AvgIpc) is 2.91. The third-order valence-electron chi connectivity index (χ3n) is 3.06. The molecule has 7 heteroatoms. The largest absolute Gasteiger partial charge is 0.384 e. The Kier molecular flexibility index (Phi) is 4.73. The summed E-state index contributed by atoms with van der Waals surface area (Å²) >= 11 is 1.20. The van der Waals surface area contributed by atoms with E-state index in [9.17, 15) is 14.4 Å². The summed E-state index contributed by atoms with van der Waals surface area (Å²) in [5, 5.41) is 12.7. The standard InChI is InChI=1S/C14H14N2O4S/c1-2-10-13(19)15-11(18)8-16(10)14(20)12-9(4-3-6-17)5-7-21-12/h5,7,10,17H,2,6,8H2,1H3,(H,15,18,19). The molecule has 1 aliphatic heterocycles. The highest BCUT2D eigenvalue weighted by molar-refractivity contribution is 7.12. The van der Waals surface area contributed by atoms with Crippen LogP contribution in [0.25, 0.3) is 0 Å². The Morgan fingerprint density at radius 3 is 3.00 bits per heavy atom. The first kappa shape index (κ1) is 15.2. The molecular formula is C14H14N2O4S. The number of aliphatic hydroxyl groups excluding tert-OH is 1. The predicted molar refractivity (Wildman–Crippen MR) is 76.5 cm³/mol. The van der Waals surface area contributed by atoms with Gasteiger partial charge in [0.15, 0.2) is 0 Å². The van der Waals surface area contributed by atoms with E-state index < -0.39 is 17.9 Å². The number of aliphatic hydroxyl groups is 1. The monoisotopic (exact) mass is 306 g/mol. The van der Waals surface area contributed by atoms with Gasteiger partial charge in [-0.1, -0.05) is 18.8 Å². The molecule has 0 radical (unpaired) electrons. The van der Waals surface area contributed by atoms with E-state index in [0.29, 0.717) is 16.9 Å². The normalized spacial score (nSPS) is 18.0. The Balaban J connectivity index is 2.32. The molecule has 1 atom stereocenters. The molecule has 0 aromatic carbocycles. The molecule has 2 rings (SSSR count). The van der Waals surface area contributed by atoms with Crippen LogP contribution in [-0.2, 0) is 9.59 Å². The highest BCUT2D eigenvalue weighted by Gasteiger charge is 2.36. The summed E-state index contributed by atoms with van der Waals surface area (Å²) in [6.07, 6.45) is 0.424. The van der Waals surface area contributed by atoms with Crippen LogP contribution in [0.3, 0.4) is 0 Å². The van der Waals surface area contributed by atoms with Crippen LogP contribution in [0.2, 0.25) is 0 Å². The van der Waals surface area contributed by atoms with Crippen molar-refractivity contribution in [2.45, 2.75) is 19.4 Å². The Bertz CT molecular complexity index is 641. The predicted octanol–water partition coefficient (Wildman–Crippen LogP) is -0.0309. The van der Waals surface area contributed by atoms with Crippen LogP contribution >= 0.6 is 11.3 Å². The molecule has 0 bridgehead atoms. The minimum Gasteiger partial charge on any atom is -0.384 e. The molecule has 6 nitrogen and oxygen atoms in total. The van der Waals surface area contributed by atoms with Gasteiger partial charge in [0, 0.05) is 5.56 Å². The molecule has 110 valence electrons. The van der Waals surface area contributed by atoms with E-state index in [2.05, 4.69) is 17.2 Å². The molecule has 1 aromatic heterocycles. The van der Waals surface area contributed by atoms with Gasteiger partial charge in [-0.15, -0.1) is 11.3 Å². The van der Waals surface area contributed by atoms with E-state index in [4.69, 9.17) is 5.11 Å². The molecule has 2 heterocycles. The summed E-state index contributed by atoms with van der Waals surface area (Å²) in [5.41, 5.74) is 0.493. The van der Waals surface area contributed by atoms with Gasteiger partial charge in [-0.3, -0.25) is 19.7 Å². The van der Waals surface area contributed by atoms with Crippen molar-refractivity contribution < 1.29 is 19.5 Å². The second kappa shape index (κ2) is 6.52. The highest BCUT2D eigenvalue weighted by Crippen LogP contribution is 2.21. The first-order chi connectivity index (χ1) is 10.1. The van der Waals surface area contributed by atoms with Gasteiger partial charge in [-0.05, 0) is 17.9 Å². The molecule has 1 aromatic rings. The fraction of sp³-hybridized carbons (Fsp3) is 0.357. The number of carbonyl (C=O) groups excluding carboxylic acids is 3. The third-order valence-corrected chi connectivity index (χ3v) is 3.97. The third kappa shape index (κ3) is 3.12. The zero-order valence-corrected chi connectivity index (χ0v) is 12.2. The number of thiophene rings is 1. The van der Waals surface area contributed by atoms with E-state index in [1.54, 1.807) is 18.4 Å². The quantitative estimate of drug-likeness (QED) is 0.593. The maximum absolute atomic E-state index is 12.6. The number of nitrogens with one attached hydrogen (secondary N) is 1. The lowest BCUT2D eigenvalue weighted by molar-refractivity contribution is -0.138. The summed E-state index contributed by atoms with van der Waals surface area (Å²) in [4.78, 5) is 37.5. The maximum Gasteiger partial charge on any atom is 0.266 e. The molecule has 1 unspecified atom stereocenters. The fourth-order valence-electron chi connectivity index (χ4n) is 2.12. The number of hydrogen-bond donors (Lipinski definition) is 2. The van der Waals surface area contributed by atoms with Gasteiger partial charge in [0.25, 0.3) is 5.91 Å². The van der Waals surface area contributed by atoms with Gasteiger partial charge in [0.05, 0.1) is 0 Å². The first-order valence-electron chi connectivity index (χ1n) is 6.40. The molecule has 0 aliphatic carbocycles. The van der Waals surface area contributed by atoms with E-state index >= 15 is 0 Å². The highest BCUT2D eigenvalue weighted by atomic mass is 32.1. The number of carbonyl (C=O) groups is 3. The van der Waals surface area contributed by atoms with Gasteiger partial charge in [0.1, 0.15) is 24.1 Å². The van der Waals surface area contributed by atoms with Crippen molar-refractivity contribution in [2.75, 3.05) is 13.2 Å². The number of hydrogen-bond acceptors (Lipinski definition) is 5. The van der Waals surface area contributed by atoms with Gasteiger partial charge in [-0.25, -0.2) is 0 Å². The average molecular weight is 306 g/mol. The minimum absolute atomic E-state index is 0.145. The maximum atomic E-state index is 12.6. The van der Waals surface area contributed by atoms with Crippen molar-refractivity contribution in [1.82, 2.24) is 10.2 Å². The molecule has 1 fully saturated rings. The summed E-state index contributed by atoms with van der Waals surface area (Å²) in [6, 6.07) is 1.02. The van der Waals surface area contributed by atoms with Crippen molar-refractivity contribution in [3.05, 3.63) is 21.9 Å². The van der Waals surface area contributed by atoms with Crippen molar-refractivity contribution >= 4 is 29.1 Å². The van der Waals surface area contributed by atoms with E-state index in [1.807, 2.05) is 0 Å². The van der Waals surface area contributed by atoms with Crippen LogP contribution < -0.4 is 5.32 Å². The molecular weight excluding hydrogens is 292 g/mol. The second-order valence-electron chi connectivity index (χ2n) is 4.39. The van der Waals surface area contributed by atoms with Crippen molar-refractivity contribution in [3.63, 3.8) is 0 Å². The summed E-state index contributed by atoms with van der Waals surface area (Å²) < 4.78 is 0. The molecule has 1 saturated heterocycles. The van der Waals surface area contributed by atoms with Crippen LogP contribution in [0.4, 0.5) is 0 Å². The topological polar surface area (TPSA) is 86.7 Å². The number of piperazine rings is 1. The number of imide groups is 1. The summed E-state index contributed by atoms with van der Waals surface area (Å²) in [7, 11) is 0. The van der Waals surface area contributed by atoms with Crippen LogP contribution in [-0.4, -0.2) is 46.9 Å². The molecule has 1 aliphatic rings. The van der Waals surface area contributed by atoms with Gasteiger partial charge in [0.2, 0.25) is 11.8 Å². The molecule has 0 spiro atoms. The lowest BCUT2D eigenvalue weighted by Gasteiger charge is -2.33. The lowest BCUT2D eigenvalue weighted by Crippen LogP contribution is -2.59. The van der Waals surface area contributed by atoms with Gasteiger partial charge < -0.3 is 10.0 Å². The lowest BCUT2D eigenvalue weighted by atomic mass is 10.1. The molecule has 2 N–H and O–H groups in total. The number of rotatable bonds is 2.